The number of aromatic nitrogens is 2. The Morgan fingerprint density at radius 2 is 1.77 bits per heavy atom. The summed E-state index contributed by atoms with van der Waals surface area (Å²) in [6.07, 6.45) is 5.96. The number of carbonyl (C=O) groups is 4. The Balaban J connectivity index is 0.000000189. The van der Waals surface area contributed by atoms with Crippen molar-refractivity contribution in [2.24, 2.45) is 11.5 Å². The smallest absolute Gasteiger partial charge is 0.314 e. The molecule has 0 saturated carbocycles. The molecule has 4 heterocycles. The van der Waals surface area contributed by atoms with Crippen LogP contribution in [-0.4, -0.2) is 70.1 Å². The Hall–Kier alpha value is -3.09. The van der Waals surface area contributed by atoms with Gasteiger partial charge in [-0.15, -0.1) is 11.3 Å². The molecular weight excluding hydrogens is 494 g/mol. The molecule has 0 radical (unpaired) electrons. The van der Waals surface area contributed by atoms with Crippen molar-refractivity contribution in [1.29, 1.82) is 0 Å². The van der Waals surface area contributed by atoms with Crippen LogP contribution in [0.4, 0.5) is 5.82 Å². The van der Waals surface area contributed by atoms with Crippen LogP contribution in [-0.2, 0) is 27.3 Å². The van der Waals surface area contributed by atoms with E-state index in [1.807, 2.05) is 4.90 Å². The number of carbonyl (C=O) groups excluding carboxylic acids is 4. The van der Waals surface area contributed by atoms with Gasteiger partial charge in [-0.25, -0.2) is 9.97 Å². The van der Waals surface area contributed by atoms with Crippen LogP contribution >= 0.6 is 22.9 Å². The zero-order chi connectivity index (χ0) is 26.0. The highest BCUT2D eigenvalue weighted by molar-refractivity contribution is 7.13. The van der Waals surface area contributed by atoms with Gasteiger partial charge < -0.3 is 26.6 Å². The van der Waals surface area contributed by atoms with E-state index in [4.69, 9.17) is 23.1 Å². The number of halogens is 1. The largest absolute Gasteiger partial charge is 0.364 e. The number of pyridine rings is 1. The molecule has 0 atom stereocenters. The van der Waals surface area contributed by atoms with Crippen molar-refractivity contribution in [3.8, 4) is 0 Å². The third kappa shape index (κ3) is 9.59. The molecule has 2 aliphatic heterocycles. The quantitative estimate of drug-likeness (QED) is 0.500. The third-order valence-electron chi connectivity index (χ3n) is 5.13. The number of rotatable bonds is 2. The SMILES string of the molecule is CC(=O)N1CCCCC1.CN1CCc2nc(C(N)=O)sc2C1.NC(=O)C(=O)Nc1ccc(Cl)cn1. The number of primary amides is 2. The lowest BCUT2D eigenvalue weighted by Crippen LogP contribution is -2.33. The van der Waals surface area contributed by atoms with E-state index in [9.17, 15) is 19.2 Å². The molecular formula is C22H30ClN7O4S. The number of amides is 4. The molecule has 0 aliphatic carbocycles. The van der Waals surface area contributed by atoms with Crippen molar-refractivity contribution in [1.82, 2.24) is 19.8 Å². The molecule has 11 nitrogen and oxygen atoms in total. The van der Waals surface area contributed by atoms with Crippen molar-refractivity contribution in [2.75, 3.05) is 32.0 Å². The van der Waals surface area contributed by atoms with Crippen LogP contribution in [0.25, 0.3) is 0 Å². The normalized spacial score (nSPS) is 14.9. The van der Waals surface area contributed by atoms with Gasteiger partial charge in [-0.2, -0.15) is 0 Å². The Bertz CT molecular complexity index is 1040. The number of fused-ring (bicyclic) bond motifs is 1. The molecule has 2 aromatic heterocycles. The van der Waals surface area contributed by atoms with Gasteiger partial charge in [0.25, 0.3) is 5.91 Å². The zero-order valence-electron chi connectivity index (χ0n) is 19.8. The van der Waals surface area contributed by atoms with E-state index >= 15 is 0 Å². The van der Waals surface area contributed by atoms with E-state index < -0.39 is 17.7 Å². The number of anilines is 1. The molecule has 35 heavy (non-hydrogen) atoms. The highest BCUT2D eigenvalue weighted by Crippen LogP contribution is 2.23. The number of piperidine rings is 1. The molecule has 190 valence electrons. The Labute approximate surface area is 212 Å². The Morgan fingerprint density at radius 3 is 2.29 bits per heavy atom. The predicted octanol–water partition coefficient (Wildman–Crippen LogP) is 1.41. The van der Waals surface area contributed by atoms with E-state index in [2.05, 4.69) is 27.2 Å². The molecule has 0 spiro atoms. The summed E-state index contributed by atoms with van der Waals surface area (Å²) in [5.74, 6) is -1.92. The summed E-state index contributed by atoms with van der Waals surface area (Å²) in [7, 11) is 2.06. The minimum absolute atomic E-state index is 0.230. The van der Waals surface area contributed by atoms with E-state index in [1.54, 1.807) is 6.92 Å². The Morgan fingerprint density at radius 1 is 1.09 bits per heavy atom. The zero-order valence-corrected chi connectivity index (χ0v) is 21.3. The standard InChI is InChI=1S/C8H11N3OS.C7H6ClN3O2.C7H13NO/c1-11-3-2-5-6(4-11)13-8(10-5)7(9)12;8-4-1-2-5(10-3-4)11-7(13)6(9)12;1-7(9)8-5-3-2-4-6-8/h2-4H2,1H3,(H2,9,12);1-3H,(H2,9,12)(H,10,11,13);2-6H2,1H3. The maximum atomic E-state index is 10.9. The lowest BCUT2D eigenvalue weighted by molar-refractivity contribution is -0.134. The molecule has 0 aromatic carbocycles. The number of nitrogens with zero attached hydrogens (tertiary/aromatic N) is 4. The van der Waals surface area contributed by atoms with E-state index in [0.29, 0.717) is 10.0 Å². The summed E-state index contributed by atoms with van der Waals surface area (Å²) in [5, 5.41) is 3.07. The average Bonchev–Trinajstić information content (AvgIpc) is 3.25. The van der Waals surface area contributed by atoms with Gasteiger partial charge in [0.05, 0.1) is 10.7 Å². The highest BCUT2D eigenvalue weighted by Gasteiger charge is 2.19. The third-order valence-corrected chi connectivity index (χ3v) is 6.45. The molecule has 1 saturated heterocycles. The highest BCUT2D eigenvalue weighted by atomic mass is 35.5. The van der Waals surface area contributed by atoms with Crippen molar-refractivity contribution in [3.05, 3.63) is 38.9 Å². The van der Waals surface area contributed by atoms with Gasteiger partial charge in [-0.05, 0) is 38.4 Å². The number of thiazole rings is 1. The van der Waals surface area contributed by atoms with Crippen molar-refractivity contribution in [2.45, 2.75) is 39.2 Å². The van der Waals surface area contributed by atoms with Gasteiger partial charge in [0, 0.05) is 50.6 Å². The summed E-state index contributed by atoms with van der Waals surface area (Å²) in [5.41, 5.74) is 10.9. The fourth-order valence-electron chi connectivity index (χ4n) is 3.27. The van der Waals surface area contributed by atoms with Crippen molar-refractivity contribution in [3.63, 3.8) is 0 Å². The second kappa shape index (κ2) is 13.7. The first-order valence-corrected chi connectivity index (χ1v) is 12.2. The Kier molecular flexibility index (Phi) is 11.0. The first-order chi connectivity index (χ1) is 16.6. The predicted molar refractivity (Wildman–Crippen MR) is 134 cm³/mol. The van der Waals surface area contributed by atoms with Crippen LogP contribution in [0.1, 0.15) is 46.6 Å². The maximum absolute atomic E-state index is 10.9. The lowest BCUT2D eigenvalue weighted by Gasteiger charge is -2.24. The molecule has 4 amide bonds. The summed E-state index contributed by atoms with van der Waals surface area (Å²) < 4.78 is 0. The molecule has 4 rings (SSSR count). The van der Waals surface area contributed by atoms with Crippen LogP contribution in [0, 0.1) is 0 Å². The van der Waals surface area contributed by atoms with Crippen LogP contribution in [0.5, 0.6) is 0 Å². The minimum Gasteiger partial charge on any atom is -0.364 e. The number of nitrogens with one attached hydrogen (secondary N) is 1. The van der Waals surface area contributed by atoms with Gasteiger partial charge in [-0.3, -0.25) is 19.2 Å². The van der Waals surface area contributed by atoms with E-state index in [0.717, 1.165) is 38.3 Å². The van der Waals surface area contributed by atoms with Gasteiger partial charge in [0.2, 0.25) is 5.91 Å². The van der Waals surface area contributed by atoms with Crippen LogP contribution < -0.4 is 16.8 Å². The summed E-state index contributed by atoms with van der Waals surface area (Å²) in [6, 6.07) is 2.99. The number of hydrogen-bond donors (Lipinski definition) is 3. The first-order valence-electron chi connectivity index (χ1n) is 11.0. The molecule has 13 heteroatoms. The van der Waals surface area contributed by atoms with Gasteiger partial charge in [-0.1, -0.05) is 11.6 Å². The molecule has 2 aliphatic rings. The first kappa shape index (κ1) is 28.1. The number of likely N-dealkylation sites (N-methyl/N-ethyl adjacent to an activating group) is 1. The monoisotopic (exact) mass is 523 g/mol. The number of nitrogens with two attached hydrogens (primary N) is 2. The summed E-state index contributed by atoms with van der Waals surface area (Å²) >= 11 is 6.96. The van der Waals surface area contributed by atoms with Crippen LogP contribution in [0.2, 0.25) is 5.02 Å². The molecule has 1 fully saturated rings. The summed E-state index contributed by atoms with van der Waals surface area (Å²) in [4.78, 5) is 55.9. The average molecular weight is 524 g/mol. The molecule has 5 N–H and O–H groups in total. The minimum atomic E-state index is -1.06. The molecule has 0 bridgehead atoms. The number of hydrogen-bond acceptors (Lipinski definition) is 8. The van der Waals surface area contributed by atoms with Gasteiger partial charge >= 0.3 is 11.8 Å². The number of likely N-dealkylation sites (tertiary alicyclic amines) is 1. The van der Waals surface area contributed by atoms with Crippen molar-refractivity contribution < 1.29 is 19.2 Å². The van der Waals surface area contributed by atoms with E-state index in [1.165, 1.54) is 53.8 Å². The second-order valence-electron chi connectivity index (χ2n) is 7.99. The molecule has 0 unspecified atom stereocenters. The second-order valence-corrected chi connectivity index (χ2v) is 9.51. The van der Waals surface area contributed by atoms with Crippen LogP contribution in [0.3, 0.4) is 0 Å². The van der Waals surface area contributed by atoms with Crippen molar-refractivity contribution >= 4 is 52.4 Å². The van der Waals surface area contributed by atoms with Gasteiger partial charge in [0.15, 0.2) is 5.01 Å². The maximum Gasteiger partial charge on any atom is 0.314 e. The van der Waals surface area contributed by atoms with Gasteiger partial charge in [0.1, 0.15) is 5.82 Å². The topological polar surface area (TPSA) is 165 Å². The fraction of sp³-hybridized carbons (Fsp3) is 0.455. The fourth-order valence-corrected chi connectivity index (χ4v) is 4.42. The van der Waals surface area contributed by atoms with E-state index in [-0.39, 0.29) is 11.7 Å². The molecule has 2 aromatic rings. The lowest BCUT2D eigenvalue weighted by atomic mass is 10.1. The summed E-state index contributed by atoms with van der Waals surface area (Å²) in [6.45, 7) is 5.51. The van der Waals surface area contributed by atoms with Crippen LogP contribution in [0.15, 0.2) is 18.3 Å².